The van der Waals surface area contributed by atoms with E-state index in [1.165, 1.54) is 5.32 Å². The molecule has 3 aromatic rings. The van der Waals surface area contributed by atoms with Crippen LogP contribution in [0.25, 0.3) is 0 Å². The van der Waals surface area contributed by atoms with Crippen LogP contribution in [0.3, 0.4) is 0 Å². The zero-order valence-electron chi connectivity index (χ0n) is 27.8. The van der Waals surface area contributed by atoms with Gasteiger partial charge in [-0.2, -0.15) is 22.0 Å². The van der Waals surface area contributed by atoms with Crippen molar-refractivity contribution in [2.45, 2.75) is 96.8 Å². The van der Waals surface area contributed by atoms with E-state index in [1.807, 2.05) is 26.8 Å². The van der Waals surface area contributed by atoms with Gasteiger partial charge in [0.25, 0.3) is 5.91 Å². The van der Waals surface area contributed by atoms with E-state index < -0.39 is 47.1 Å². The monoisotopic (exact) mass is 697 g/mol. The van der Waals surface area contributed by atoms with Crippen molar-refractivity contribution in [3.63, 3.8) is 0 Å². The molecule has 0 spiro atoms. The Labute approximate surface area is 282 Å². The molecule has 4 N–H and O–H groups in total. The number of amides is 2. The summed E-state index contributed by atoms with van der Waals surface area (Å²) in [6, 6.07) is 15.0. The van der Waals surface area contributed by atoms with E-state index in [0.29, 0.717) is 11.4 Å². The highest BCUT2D eigenvalue weighted by molar-refractivity contribution is 6.35. The Bertz CT molecular complexity index is 1630. The van der Waals surface area contributed by atoms with Crippen LogP contribution in [0.2, 0.25) is 5.02 Å². The minimum atomic E-state index is -6.24. The van der Waals surface area contributed by atoms with Gasteiger partial charge < -0.3 is 25.8 Å². The maximum absolute atomic E-state index is 14.0. The van der Waals surface area contributed by atoms with Crippen molar-refractivity contribution in [1.29, 1.82) is 0 Å². The molecule has 0 saturated carbocycles. The standard InChI is InChI=1S/C35H41ClF5N3O4/c1-8-25(48-26-17-16-20(32(4,5)9-2)18-22(26)33(6,7)10-3)30(46)43-27-23(36)19-24(42-21-14-12-11-13-15-21)29(45)28(27)44-31(47)34(37,38)35(39,40)41/h11-19,25,42,45H,8-10H2,1-7H3,(H,43,46)(H,44,47). The average molecular weight is 698 g/mol. The molecule has 3 aromatic carbocycles. The minimum absolute atomic E-state index is 0.102. The molecular weight excluding hydrogens is 657 g/mol. The molecule has 1 atom stereocenters. The third-order valence-corrected chi connectivity index (χ3v) is 8.92. The lowest BCUT2D eigenvalue weighted by molar-refractivity contribution is -0.267. The Hall–Kier alpha value is -4.06. The number of hydrogen-bond donors (Lipinski definition) is 4. The van der Waals surface area contributed by atoms with Gasteiger partial charge in [0.2, 0.25) is 0 Å². The van der Waals surface area contributed by atoms with Crippen LogP contribution in [0.1, 0.15) is 78.9 Å². The zero-order chi connectivity index (χ0) is 36.2. The van der Waals surface area contributed by atoms with E-state index >= 15 is 0 Å². The zero-order valence-corrected chi connectivity index (χ0v) is 28.6. The van der Waals surface area contributed by atoms with E-state index in [9.17, 15) is 36.6 Å². The Morgan fingerprint density at radius 1 is 0.854 bits per heavy atom. The van der Waals surface area contributed by atoms with Gasteiger partial charge in [-0.25, -0.2) is 0 Å². The molecule has 262 valence electrons. The van der Waals surface area contributed by atoms with Crippen molar-refractivity contribution < 1.29 is 41.4 Å². The maximum Gasteiger partial charge on any atom is 0.463 e. The lowest BCUT2D eigenvalue weighted by Gasteiger charge is -2.31. The first-order valence-corrected chi connectivity index (χ1v) is 15.8. The van der Waals surface area contributed by atoms with Gasteiger partial charge in [0.1, 0.15) is 11.4 Å². The summed E-state index contributed by atoms with van der Waals surface area (Å²) in [6.07, 6.45) is -5.73. The number of benzene rings is 3. The number of ether oxygens (including phenoxy) is 1. The van der Waals surface area contributed by atoms with Crippen LogP contribution in [0.4, 0.5) is 44.7 Å². The summed E-state index contributed by atoms with van der Waals surface area (Å²) in [5, 5.41) is 17.2. The molecule has 0 fully saturated rings. The molecule has 0 aliphatic rings. The van der Waals surface area contributed by atoms with Crippen molar-refractivity contribution in [3.8, 4) is 11.5 Å². The van der Waals surface area contributed by atoms with Gasteiger partial charge in [-0.3, -0.25) is 9.59 Å². The van der Waals surface area contributed by atoms with Gasteiger partial charge in [-0.15, -0.1) is 0 Å². The van der Waals surface area contributed by atoms with Crippen LogP contribution in [-0.2, 0) is 20.4 Å². The fourth-order valence-electron chi connectivity index (χ4n) is 4.63. The van der Waals surface area contributed by atoms with Crippen LogP contribution in [-0.4, -0.2) is 35.1 Å². The molecule has 2 amide bonds. The fraction of sp³-hybridized carbons (Fsp3) is 0.429. The molecule has 3 rings (SSSR count). The average Bonchev–Trinajstić information content (AvgIpc) is 3.03. The first-order chi connectivity index (χ1) is 22.2. The third kappa shape index (κ3) is 8.32. The number of alkyl halides is 5. The number of anilines is 4. The summed E-state index contributed by atoms with van der Waals surface area (Å²) in [5.41, 5.74) is -0.0163. The van der Waals surface area contributed by atoms with Crippen LogP contribution < -0.4 is 20.7 Å². The Kier molecular flexibility index (Phi) is 11.7. The number of nitrogens with one attached hydrogen (secondary N) is 3. The van der Waals surface area contributed by atoms with Gasteiger partial charge in [-0.05, 0) is 59.9 Å². The van der Waals surface area contributed by atoms with Gasteiger partial charge in [0.05, 0.1) is 16.4 Å². The minimum Gasteiger partial charge on any atom is -0.504 e. The molecule has 0 aliphatic carbocycles. The fourth-order valence-corrected chi connectivity index (χ4v) is 4.88. The molecule has 0 radical (unpaired) electrons. The number of aromatic hydroxyl groups is 1. The number of hydrogen-bond acceptors (Lipinski definition) is 5. The van der Waals surface area contributed by atoms with Gasteiger partial charge in [0.15, 0.2) is 11.9 Å². The van der Waals surface area contributed by atoms with Gasteiger partial charge in [0, 0.05) is 11.3 Å². The van der Waals surface area contributed by atoms with Crippen molar-refractivity contribution >= 4 is 46.2 Å². The SMILES string of the molecule is CCC(Oc1ccc(C(C)(C)CC)cc1C(C)(C)CC)C(=O)Nc1c(Cl)cc(Nc2ccccc2)c(O)c1NC(=O)C(F)(F)C(F)(F)F. The first-order valence-electron chi connectivity index (χ1n) is 15.5. The summed E-state index contributed by atoms with van der Waals surface area (Å²) >= 11 is 6.42. The van der Waals surface area contributed by atoms with Gasteiger partial charge >= 0.3 is 18.0 Å². The predicted molar refractivity (Wildman–Crippen MR) is 179 cm³/mol. The lowest BCUT2D eigenvalue weighted by Crippen LogP contribution is -2.47. The van der Waals surface area contributed by atoms with Crippen LogP contribution in [0.5, 0.6) is 11.5 Å². The number of para-hydroxylation sites is 1. The van der Waals surface area contributed by atoms with Gasteiger partial charge in [-0.1, -0.05) is 90.4 Å². The van der Waals surface area contributed by atoms with Crippen molar-refractivity contribution in [1.82, 2.24) is 0 Å². The summed E-state index contributed by atoms with van der Waals surface area (Å²) < 4.78 is 73.4. The molecule has 0 heterocycles. The Balaban J connectivity index is 2.07. The molecular formula is C35H41ClF5N3O4. The van der Waals surface area contributed by atoms with E-state index in [0.717, 1.165) is 30.0 Å². The van der Waals surface area contributed by atoms with E-state index in [1.54, 1.807) is 43.3 Å². The normalized spacial score (nSPS) is 13.1. The van der Waals surface area contributed by atoms with Crippen molar-refractivity contribution in [2.24, 2.45) is 0 Å². The van der Waals surface area contributed by atoms with Crippen LogP contribution in [0, 0.1) is 0 Å². The lowest BCUT2D eigenvalue weighted by atomic mass is 9.76. The van der Waals surface area contributed by atoms with Crippen molar-refractivity contribution in [3.05, 3.63) is 70.7 Å². The largest absolute Gasteiger partial charge is 0.504 e. The number of phenolic OH excluding ortho intramolecular Hbond substituents is 1. The molecule has 0 saturated heterocycles. The number of rotatable bonds is 13. The van der Waals surface area contributed by atoms with Crippen LogP contribution in [0.15, 0.2) is 54.6 Å². The molecule has 48 heavy (non-hydrogen) atoms. The van der Waals surface area contributed by atoms with E-state index in [4.69, 9.17) is 16.3 Å². The predicted octanol–water partition coefficient (Wildman–Crippen LogP) is 10.1. The number of carbonyl (C=O) groups is 2. The maximum atomic E-state index is 14.0. The molecule has 0 aliphatic heterocycles. The molecule has 0 bridgehead atoms. The van der Waals surface area contributed by atoms with E-state index in [-0.39, 0.29) is 28.0 Å². The molecule has 13 heteroatoms. The van der Waals surface area contributed by atoms with E-state index in [2.05, 4.69) is 37.5 Å². The quantitative estimate of drug-likeness (QED) is 0.105. The third-order valence-electron chi connectivity index (χ3n) is 8.62. The van der Waals surface area contributed by atoms with Crippen LogP contribution >= 0.6 is 11.6 Å². The topological polar surface area (TPSA) is 99.7 Å². The number of halogens is 6. The second-order valence-electron chi connectivity index (χ2n) is 12.7. The summed E-state index contributed by atoms with van der Waals surface area (Å²) in [4.78, 5) is 25.9. The Morgan fingerprint density at radius 3 is 2.00 bits per heavy atom. The highest BCUT2D eigenvalue weighted by Gasteiger charge is 2.63. The summed E-state index contributed by atoms with van der Waals surface area (Å²) in [7, 11) is 0. The molecule has 0 aromatic heterocycles. The molecule has 7 nitrogen and oxygen atoms in total. The number of phenols is 1. The summed E-state index contributed by atoms with van der Waals surface area (Å²) in [5.74, 6) is -10.0. The smallest absolute Gasteiger partial charge is 0.463 e. The summed E-state index contributed by atoms with van der Waals surface area (Å²) in [6.45, 7) is 14.1. The van der Waals surface area contributed by atoms with Crippen molar-refractivity contribution in [2.75, 3.05) is 16.0 Å². The molecule has 1 unspecified atom stereocenters. The second-order valence-corrected chi connectivity index (χ2v) is 13.1. The highest BCUT2D eigenvalue weighted by atomic mass is 35.5. The number of carbonyl (C=O) groups excluding carboxylic acids is 2. The highest BCUT2D eigenvalue weighted by Crippen LogP contribution is 2.46. The second kappa shape index (κ2) is 14.6. The first kappa shape index (κ1) is 38.4. The Morgan fingerprint density at radius 2 is 1.46 bits per heavy atom.